The molecule has 2 nitrogen and oxygen atoms in total. The third kappa shape index (κ3) is 2.80. The van der Waals surface area contributed by atoms with E-state index in [1.54, 1.807) is 0 Å². The van der Waals surface area contributed by atoms with Gasteiger partial charge < -0.3 is 10.4 Å². The van der Waals surface area contributed by atoms with Gasteiger partial charge in [0, 0.05) is 18.2 Å². The van der Waals surface area contributed by atoms with Crippen molar-refractivity contribution < 1.29 is 5.11 Å². The van der Waals surface area contributed by atoms with Crippen molar-refractivity contribution in [1.82, 2.24) is 5.32 Å². The van der Waals surface area contributed by atoms with Gasteiger partial charge in [-0.2, -0.15) is 0 Å². The van der Waals surface area contributed by atoms with E-state index in [2.05, 4.69) is 19.2 Å². The molecule has 0 aromatic carbocycles. The monoisotopic (exact) mass is 157 g/mol. The Morgan fingerprint density at radius 2 is 2.09 bits per heavy atom. The van der Waals surface area contributed by atoms with Crippen LogP contribution in [0, 0.1) is 0 Å². The highest BCUT2D eigenvalue weighted by molar-refractivity contribution is 4.86. The number of aliphatic hydroxyl groups is 1. The first-order chi connectivity index (χ1) is 5.14. The molecule has 66 valence electrons. The molecule has 0 amide bonds. The fraction of sp³-hybridized carbons (Fsp3) is 1.00. The summed E-state index contributed by atoms with van der Waals surface area (Å²) in [6.07, 6.45) is 4.85. The van der Waals surface area contributed by atoms with Gasteiger partial charge in [0.15, 0.2) is 0 Å². The van der Waals surface area contributed by atoms with Crippen LogP contribution < -0.4 is 5.32 Å². The minimum absolute atomic E-state index is 0.125. The summed E-state index contributed by atoms with van der Waals surface area (Å²) in [5.41, 5.74) is 0.125. The van der Waals surface area contributed by atoms with Crippen molar-refractivity contribution in [2.24, 2.45) is 0 Å². The molecule has 2 heteroatoms. The van der Waals surface area contributed by atoms with Crippen molar-refractivity contribution in [3.63, 3.8) is 0 Å². The van der Waals surface area contributed by atoms with Gasteiger partial charge in [-0.05, 0) is 33.1 Å². The zero-order valence-corrected chi connectivity index (χ0v) is 7.56. The van der Waals surface area contributed by atoms with E-state index < -0.39 is 0 Å². The van der Waals surface area contributed by atoms with Gasteiger partial charge in [-0.3, -0.25) is 0 Å². The fourth-order valence-electron chi connectivity index (χ4n) is 1.46. The average Bonchev–Trinajstić information content (AvgIpc) is 1.79. The van der Waals surface area contributed by atoms with Crippen LogP contribution in [0.15, 0.2) is 0 Å². The van der Waals surface area contributed by atoms with Crippen molar-refractivity contribution in [3.8, 4) is 0 Å². The Morgan fingerprint density at radius 1 is 1.45 bits per heavy atom. The van der Waals surface area contributed by atoms with Gasteiger partial charge in [0.1, 0.15) is 0 Å². The summed E-state index contributed by atoms with van der Waals surface area (Å²) in [5, 5.41) is 12.3. The predicted molar refractivity (Wildman–Crippen MR) is 46.6 cm³/mol. The van der Waals surface area contributed by atoms with Crippen LogP contribution in [0.4, 0.5) is 0 Å². The molecule has 1 fully saturated rings. The van der Waals surface area contributed by atoms with E-state index in [9.17, 15) is 0 Å². The number of aliphatic hydroxyl groups excluding tert-OH is 1. The standard InChI is InChI=1S/C9H19NO/c1-9(2,6-7-11)10-8-4-3-5-8/h8,10-11H,3-7H2,1-2H3. The predicted octanol–water partition coefficient (Wildman–Crippen LogP) is 1.29. The molecular formula is C9H19NO. The van der Waals surface area contributed by atoms with E-state index in [-0.39, 0.29) is 12.1 Å². The minimum Gasteiger partial charge on any atom is -0.396 e. The molecule has 2 N–H and O–H groups in total. The molecule has 11 heavy (non-hydrogen) atoms. The molecule has 0 spiro atoms. The van der Waals surface area contributed by atoms with Crippen LogP contribution in [-0.2, 0) is 0 Å². The van der Waals surface area contributed by atoms with E-state index in [1.807, 2.05) is 0 Å². The van der Waals surface area contributed by atoms with Crippen LogP contribution in [-0.4, -0.2) is 23.3 Å². The normalized spacial score (nSPS) is 19.9. The van der Waals surface area contributed by atoms with Crippen LogP contribution in [0.1, 0.15) is 39.5 Å². The molecule has 0 heterocycles. The third-order valence-electron chi connectivity index (χ3n) is 2.44. The van der Waals surface area contributed by atoms with Crippen LogP contribution >= 0.6 is 0 Å². The molecule has 1 aliphatic carbocycles. The third-order valence-corrected chi connectivity index (χ3v) is 2.44. The summed E-state index contributed by atoms with van der Waals surface area (Å²) in [5.74, 6) is 0. The molecule has 0 aromatic heterocycles. The first-order valence-corrected chi connectivity index (χ1v) is 4.52. The van der Waals surface area contributed by atoms with E-state index in [1.165, 1.54) is 19.3 Å². The van der Waals surface area contributed by atoms with Gasteiger partial charge in [-0.15, -0.1) is 0 Å². The molecule has 0 atom stereocenters. The molecule has 0 aromatic rings. The Bertz CT molecular complexity index is 119. The maximum Gasteiger partial charge on any atom is 0.0448 e. The number of rotatable bonds is 4. The average molecular weight is 157 g/mol. The second kappa shape index (κ2) is 3.55. The summed E-state index contributed by atoms with van der Waals surface area (Å²) in [6.45, 7) is 4.59. The molecule has 0 unspecified atom stereocenters. The van der Waals surface area contributed by atoms with Gasteiger partial charge >= 0.3 is 0 Å². The highest BCUT2D eigenvalue weighted by atomic mass is 16.3. The Morgan fingerprint density at radius 3 is 2.45 bits per heavy atom. The van der Waals surface area contributed by atoms with Crippen LogP contribution in [0.2, 0.25) is 0 Å². The van der Waals surface area contributed by atoms with Crippen molar-refractivity contribution >= 4 is 0 Å². The lowest BCUT2D eigenvalue weighted by Gasteiger charge is -2.36. The number of hydrogen-bond donors (Lipinski definition) is 2. The largest absolute Gasteiger partial charge is 0.396 e. The lowest BCUT2D eigenvalue weighted by Crippen LogP contribution is -2.49. The maximum absolute atomic E-state index is 8.77. The fourth-order valence-corrected chi connectivity index (χ4v) is 1.46. The van der Waals surface area contributed by atoms with Crippen LogP contribution in [0.25, 0.3) is 0 Å². The highest BCUT2D eigenvalue weighted by Gasteiger charge is 2.25. The summed E-state index contributed by atoms with van der Waals surface area (Å²) >= 11 is 0. The van der Waals surface area contributed by atoms with E-state index >= 15 is 0 Å². The molecule has 0 saturated heterocycles. The second-order valence-corrected chi connectivity index (χ2v) is 4.13. The smallest absolute Gasteiger partial charge is 0.0448 e. The van der Waals surface area contributed by atoms with Crippen molar-refractivity contribution in [2.45, 2.75) is 51.1 Å². The van der Waals surface area contributed by atoms with E-state index in [0.717, 1.165) is 12.5 Å². The molecule has 0 bridgehead atoms. The molecule has 1 rings (SSSR count). The molecule has 0 aliphatic heterocycles. The first kappa shape index (κ1) is 9.01. The lowest BCUT2D eigenvalue weighted by molar-refractivity contribution is 0.194. The summed E-state index contributed by atoms with van der Waals surface area (Å²) < 4.78 is 0. The number of nitrogens with one attached hydrogen (secondary N) is 1. The summed E-state index contributed by atoms with van der Waals surface area (Å²) in [7, 11) is 0. The quantitative estimate of drug-likeness (QED) is 0.644. The minimum atomic E-state index is 0.125. The molecule has 1 saturated carbocycles. The van der Waals surface area contributed by atoms with E-state index in [4.69, 9.17) is 5.11 Å². The van der Waals surface area contributed by atoms with Gasteiger partial charge in [0.05, 0.1) is 0 Å². The molecule has 0 radical (unpaired) electrons. The molecular weight excluding hydrogens is 138 g/mol. The summed E-state index contributed by atoms with van der Waals surface area (Å²) in [4.78, 5) is 0. The van der Waals surface area contributed by atoms with Crippen molar-refractivity contribution in [2.75, 3.05) is 6.61 Å². The first-order valence-electron chi connectivity index (χ1n) is 4.52. The SMILES string of the molecule is CC(C)(CCO)NC1CCC1. The summed E-state index contributed by atoms with van der Waals surface area (Å²) in [6, 6.07) is 0.719. The second-order valence-electron chi connectivity index (χ2n) is 4.13. The molecule has 1 aliphatic rings. The van der Waals surface area contributed by atoms with Crippen LogP contribution in [0.3, 0.4) is 0 Å². The zero-order valence-electron chi connectivity index (χ0n) is 7.56. The Balaban J connectivity index is 2.20. The van der Waals surface area contributed by atoms with Gasteiger partial charge in [-0.25, -0.2) is 0 Å². The Kier molecular flexibility index (Phi) is 2.90. The Hall–Kier alpha value is -0.0800. The van der Waals surface area contributed by atoms with Crippen molar-refractivity contribution in [1.29, 1.82) is 0 Å². The number of hydrogen-bond acceptors (Lipinski definition) is 2. The van der Waals surface area contributed by atoms with Gasteiger partial charge in [0.2, 0.25) is 0 Å². The van der Waals surface area contributed by atoms with Gasteiger partial charge in [-0.1, -0.05) is 6.42 Å². The Labute approximate surface area is 69.0 Å². The zero-order chi connectivity index (χ0) is 8.32. The van der Waals surface area contributed by atoms with Crippen molar-refractivity contribution in [3.05, 3.63) is 0 Å². The van der Waals surface area contributed by atoms with E-state index in [0.29, 0.717) is 0 Å². The highest BCUT2D eigenvalue weighted by Crippen LogP contribution is 2.22. The lowest BCUT2D eigenvalue weighted by atomic mass is 9.89. The van der Waals surface area contributed by atoms with Gasteiger partial charge in [0.25, 0.3) is 0 Å². The van der Waals surface area contributed by atoms with Crippen LogP contribution in [0.5, 0.6) is 0 Å². The topological polar surface area (TPSA) is 32.3 Å². The maximum atomic E-state index is 8.77.